The molecule has 0 aliphatic carbocycles. The Morgan fingerprint density at radius 3 is 2.58 bits per heavy atom. The highest BCUT2D eigenvalue weighted by Gasteiger charge is 2.36. The molecule has 1 N–H and O–H groups in total. The number of carbonyl (C=O) groups excluding carboxylic acids is 1. The Kier molecular flexibility index (Phi) is 4.80. The van der Waals surface area contributed by atoms with Gasteiger partial charge in [-0.25, -0.2) is 9.78 Å². The third kappa shape index (κ3) is 3.28. The van der Waals surface area contributed by atoms with Crippen LogP contribution in [0.1, 0.15) is 32.1 Å². The summed E-state index contributed by atoms with van der Waals surface area (Å²) in [7, 11) is 0. The summed E-state index contributed by atoms with van der Waals surface area (Å²) in [4.78, 5) is 32.9. The molecule has 0 saturated carbocycles. The number of piperidine rings is 2. The maximum Gasteiger partial charge on any atom is 0.326 e. The number of thiazole rings is 1. The molecule has 1 aromatic heterocycles. The number of hydrogen-bond donors (Lipinski definition) is 1. The summed E-state index contributed by atoms with van der Waals surface area (Å²) in [5, 5.41) is 10.4. The van der Waals surface area contributed by atoms with Crippen LogP contribution < -0.4 is 4.90 Å². The average Bonchev–Trinajstić information content (AvgIpc) is 3.12. The minimum Gasteiger partial charge on any atom is -0.480 e. The van der Waals surface area contributed by atoms with Crippen molar-refractivity contribution in [2.75, 3.05) is 24.5 Å². The van der Waals surface area contributed by atoms with E-state index in [1.807, 2.05) is 18.2 Å². The molecule has 0 bridgehead atoms. The second kappa shape index (κ2) is 7.23. The van der Waals surface area contributed by atoms with Gasteiger partial charge in [0.2, 0.25) is 5.91 Å². The first-order chi connectivity index (χ1) is 12.6. The van der Waals surface area contributed by atoms with Crippen molar-refractivity contribution < 1.29 is 14.7 Å². The summed E-state index contributed by atoms with van der Waals surface area (Å²) < 4.78 is 1.18. The number of hydrogen-bond acceptors (Lipinski definition) is 5. The molecular formula is C19H23N3O3S. The number of anilines is 1. The fourth-order valence-corrected chi connectivity index (χ4v) is 5.02. The predicted molar refractivity (Wildman–Crippen MR) is 102 cm³/mol. The van der Waals surface area contributed by atoms with Crippen LogP contribution in [0.5, 0.6) is 0 Å². The first-order valence-corrected chi connectivity index (χ1v) is 10.1. The lowest BCUT2D eigenvalue weighted by molar-refractivity contribution is -0.154. The van der Waals surface area contributed by atoms with Gasteiger partial charge in [-0.2, -0.15) is 0 Å². The van der Waals surface area contributed by atoms with Crippen molar-refractivity contribution in [1.29, 1.82) is 0 Å². The summed E-state index contributed by atoms with van der Waals surface area (Å²) in [6.45, 7) is 2.16. The summed E-state index contributed by atoms with van der Waals surface area (Å²) >= 11 is 1.69. The molecule has 1 unspecified atom stereocenters. The number of rotatable bonds is 3. The van der Waals surface area contributed by atoms with E-state index in [1.165, 1.54) is 4.70 Å². The van der Waals surface area contributed by atoms with Crippen LogP contribution in [0.15, 0.2) is 24.3 Å². The number of nitrogens with zero attached hydrogens (tertiary/aromatic N) is 3. The maximum absolute atomic E-state index is 12.9. The van der Waals surface area contributed by atoms with Crippen LogP contribution in [0.25, 0.3) is 10.2 Å². The smallest absolute Gasteiger partial charge is 0.326 e. The second-order valence-electron chi connectivity index (χ2n) is 7.11. The van der Waals surface area contributed by atoms with Gasteiger partial charge in [-0.1, -0.05) is 23.5 Å². The molecule has 3 heterocycles. The van der Waals surface area contributed by atoms with Crippen LogP contribution in [0.4, 0.5) is 5.13 Å². The van der Waals surface area contributed by atoms with E-state index in [9.17, 15) is 14.7 Å². The number of para-hydroxylation sites is 1. The van der Waals surface area contributed by atoms with Gasteiger partial charge in [0, 0.05) is 25.6 Å². The number of benzene rings is 1. The normalized spacial score (nSPS) is 21.9. The van der Waals surface area contributed by atoms with E-state index in [1.54, 1.807) is 16.2 Å². The van der Waals surface area contributed by atoms with Crippen LogP contribution in [-0.2, 0) is 9.59 Å². The predicted octanol–water partition coefficient (Wildman–Crippen LogP) is 2.98. The zero-order valence-corrected chi connectivity index (χ0v) is 15.5. The van der Waals surface area contributed by atoms with E-state index in [4.69, 9.17) is 4.98 Å². The van der Waals surface area contributed by atoms with Crippen LogP contribution in [-0.4, -0.2) is 52.5 Å². The van der Waals surface area contributed by atoms with Crippen LogP contribution in [0.2, 0.25) is 0 Å². The zero-order valence-electron chi connectivity index (χ0n) is 14.6. The molecule has 138 valence electrons. The third-order valence-electron chi connectivity index (χ3n) is 5.47. The van der Waals surface area contributed by atoms with E-state index in [0.717, 1.165) is 49.4 Å². The first kappa shape index (κ1) is 17.3. The number of aliphatic carboxylic acids is 1. The van der Waals surface area contributed by atoms with E-state index < -0.39 is 12.0 Å². The standard InChI is InChI=1S/C19H23N3O3S/c23-17(22-10-4-3-6-15(22)18(24)25)13-8-11-21(12-9-13)19-20-14-5-1-2-7-16(14)26-19/h1-2,5,7,13,15H,3-4,6,8-12H2,(H,24,25). The molecule has 1 atom stereocenters. The SMILES string of the molecule is O=C(O)C1CCCCN1C(=O)C1CCN(c2nc3ccccc3s2)CC1. The number of carbonyl (C=O) groups is 2. The van der Waals surface area contributed by atoms with E-state index in [-0.39, 0.29) is 11.8 Å². The van der Waals surface area contributed by atoms with Crippen molar-refractivity contribution in [3.05, 3.63) is 24.3 Å². The van der Waals surface area contributed by atoms with Crippen molar-refractivity contribution in [2.45, 2.75) is 38.1 Å². The highest BCUT2D eigenvalue weighted by atomic mass is 32.1. The molecule has 2 aliphatic heterocycles. The second-order valence-corrected chi connectivity index (χ2v) is 8.12. The van der Waals surface area contributed by atoms with Crippen LogP contribution in [0.3, 0.4) is 0 Å². The van der Waals surface area contributed by atoms with Gasteiger partial charge in [0.1, 0.15) is 6.04 Å². The minimum absolute atomic E-state index is 0.0287. The highest BCUT2D eigenvalue weighted by Crippen LogP contribution is 2.32. The summed E-state index contributed by atoms with van der Waals surface area (Å²) in [5.41, 5.74) is 1.02. The molecular weight excluding hydrogens is 350 g/mol. The molecule has 2 fully saturated rings. The number of aromatic nitrogens is 1. The highest BCUT2D eigenvalue weighted by molar-refractivity contribution is 7.22. The van der Waals surface area contributed by atoms with Crippen molar-refractivity contribution in [2.24, 2.45) is 5.92 Å². The maximum atomic E-state index is 12.9. The van der Waals surface area contributed by atoms with Gasteiger partial charge in [-0.15, -0.1) is 0 Å². The topological polar surface area (TPSA) is 73.7 Å². The average molecular weight is 373 g/mol. The number of likely N-dealkylation sites (tertiary alicyclic amines) is 1. The Bertz CT molecular complexity index is 780. The number of amides is 1. The Morgan fingerprint density at radius 2 is 1.85 bits per heavy atom. The van der Waals surface area contributed by atoms with E-state index in [2.05, 4.69) is 11.0 Å². The van der Waals surface area contributed by atoms with Gasteiger partial charge in [-0.05, 0) is 44.2 Å². The Labute approximate surface area is 156 Å². The largest absolute Gasteiger partial charge is 0.480 e. The summed E-state index contributed by atoms with van der Waals surface area (Å²) in [6, 6.07) is 7.47. The molecule has 2 saturated heterocycles. The fourth-order valence-electron chi connectivity index (χ4n) is 4.00. The lowest BCUT2D eigenvalue weighted by Crippen LogP contribution is -2.51. The van der Waals surface area contributed by atoms with Gasteiger partial charge < -0.3 is 14.9 Å². The van der Waals surface area contributed by atoms with Crippen molar-refractivity contribution in [1.82, 2.24) is 9.88 Å². The molecule has 26 heavy (non-hydrogen) atoms. The summed E-state index contributed by atoms with van der Waals surface area (Å²) in [5.74, 6) is -0.911. The lowest BCUT2D eigenvalue weighted by atomic mass is 9.92. The summed E-state index contributed by atoms with van der Waals surface area (Å²) in [6.07, 6.45) is 3.89. The van der Waals surface area contributed by atoms with Gasteiger partial charge in [0.15, 0.2) is 5.13 Å². The molecule has 1 aromatic carbocycles. The number of carboxylic acids is 1. The van der Waals surface area contributed by atoms with Gasteiger partial charge >= 0.3 is 5.97 Å². The molecule has 2 aliphatic rings. The van der Waals surface area contributed by atoms with Crippen LogP contribution in [0, 0.1) is 5.92 Å². The van der Waals surface area contributed by atoms with E-state index >= 15 is 0 Å². The van der Waals surface area contributed by atoms with Crippen molar-refractivity contribution >= 4 is 38.6 Å². The lowest BCUT2D eigenvalue weighted by Gasteiger charge is -2.38. The van der Waals surface area contributed by atoms with Gasteiger partial charge in [-0.3, -0.25) is 4.79 Å². The van der Waals surface area contributed by atoms with Gasteiger partial charge in [0.25, 0.3) is 0 Å². The Hall–Kier alpha value is -2.15. The Morgan fingerprint density at radius 1 is 1.08 bits per heavy atom. The quantitative estimate of drug-likeness (QED) is 0.895. The van der Waals surface area contributed by atoms with Gasteiger partial charge in [0.05, 0.1) is 10.2 Å². The monoisotopic (exact) mass is 373 g/mol. The minimum atomic E-state index is -0.870. The molecule has 0 spiro atoms. The third-order valence-corrected chi connectivity index (χ3v) is 6.57. The zero-order chi connectivity index (χ0) is 18.1. The first-order valence-electron chi connectivity index (χ1n) is 9.27. The molecule has 7 heteroatoms. The number of fused-ring (bicyclic) bond motifs is 1. The number of carboxylic acid groups (broad SMARTS) is 1. The Balaban J connectivity index is 1.41. The molecule has 4 rings (SSSR count). The van der Waals surface area contributed by atoms with Crippen molar-refractivity contribution in [3.8, 4) is 0 Å². The van der Waals surface area contributed by atoms with E-state index in [0.29, 0.717) is 13.0 Å². The molecule has 1 amide bonds. The van der Waals surface area contributed by atoms with Crippen LogP contribution >= 0.6 is 11.3 Å². The molecule has 2 aromatic rings. The molecule has 6 nitrogen and oxygen atoms in total. The van der Waals surface area contributed by atoms with Crippen molar-refractivity contribution in [3.63, 3.8) is 0 Å². The molecule has 0 radical (unpaired) electrons. The fraction of sp³-hybridized carbons (Fsp3) is 0.526.